The van der Waals surface area contributed by atoms with Crippen LogP contribution in [0.4, 0.5) is 4.39 Å². The van der Waals surface area contributed by atoms with Gasteiger partial charge in [0.25, 0.3) is 0 Å². The molecule has 1 N–H and O–H groups in total. The van der Waals surface area contributed by atoms with Gasteiger partial charge in [-0.3, -0.25) is 4.79 Å². The van der Waals surface area contributed by atoms with E-state index in [0.29, 0.717) is 12.8 Å². The highest BCUT2D eigenvalue weighted by Gasteiger charge is 2.03. The zero-order valence-corrected chi connectivity index (χ0v) is 7.16. The van der Waals surface area contributed by atoms with Crippen LogP contribution in [0.5, 0.6) is 0 Å². The molecule has 13 heavy (non-hydrogen) atoms. The lowest BCUT2D eigenvalue weighted by atomic mass is 10.1. The van der Waals surface area contributed by atoms with Gasteiger partial charge in [-0.25, -0.2) is 4.39 Å². The zero-order chi connectivity index (χ0) is 9.68. The quantitative estimate of drug-likeness (QED) is 0.728. The summed E-state index contributed by atoms with van der Waals surface area (Å²) < 4.78 is 12.8. The summed E-state index contributed by atoms with van der Waals surface area (Å²) >= 11 is 0. The molecule has 70 valence electrons. The van der Waals surface area contributed by atoms with Crippen molar-refractivity contribution in [2.24, 2.45) is 0 Å². The molecule has 0 bridgehead atoms. The maximum atomic E-state index is 12.8. The topological polar surface area (TPSA) is 37.3 Å². The first-order valence-corrected chi connectivity index (χ1v) is 4.12. The Morgan fingerprint density at radius 3 is 3.08 bits per heavy atom. The maximum Gasteiger partial charge on any atom is 0.303 e. The van der Waals surface area contributed by atoms with Gasteiger partial charge in [0, 0.05) is 6.42 Å². The molecule has 1 aliphatic carbocycles. The van der Waals surface area contributed by atoms with Crippen LogP contribution in [0.1, 0.15) is 19.3 Å². The van der Waals surface area contributed by atoms with Crippen LogP contribution in [0.2, 0.25) is 0 Å². The Morgan fingerprint density at radius 1 is 1.62 bits per heavy atom. The van der Waals surface area contributed by atoms with E-state index in [1.807, 2.05) is 6.08 Å². The summed E-state index contributed by atoms with van der Waals surface area (Å²) in [6.07, 6.45) is 7.35. The molecular weight excluding hydrogens is 171 g/mol. The summed E-state index contributed by atoms with van der Waals surface area (Å²) in [5, 5.41) is 8.43. The van der Waals surface area contributed by atoms with Crippen molar-refractivity contribution in [3.63, 3.8) is 0 Å². The molecule has 0 saturated heterocycles. The zero-order valence-electron chi connectivity index (χ0n) is 7.16. The van der Waals surface area contributed by atoms with Gasteiger partial charge in [-0.05, 0) is 25.0 Å². The van der Waals surface area contributed by atoms with E-state index >= 15 is 0 Å². The average molecular weight is 182 g/mol. The predicted octanol–water partition coefficient (Wildman–Crippen LogP) is 2.59. The Kier molecular flexibility index (Phi) is 3.43. The summed E-state index contributed by atoms with van der Waals surface area (Å²) in [5.41, 5.74) is 0.824. The van der Waals surface area contributed by atoms with Crippen molar-refractivity contribution in [1.29, 1.82) is 0 Å². The molecule has 0 unspecified atom stereocenters. The smallest absolute Gasteiger partial charge is 0.303 e. The summed E-state index contributed by atoms with van der Waals surface area (Å²) in [6, 6.07) is 0. The minimum atomic E-state index is -0.849. The standard InChI is InChI=1S/C10H11FO2/c11-9-4-2-1-3-8(7-9)5-6-10(12)13/h1-2,4,7H,3,5-6H2,(H,12,13). The van der Waals surface area contributed by atoms with E-state index in [0.717, 1.165) is 5.57 Å². The number of carboxylic acid groups (broad SMARTS) is 1. The molecule has 0 heterocycles. The first-order valence-electron chi connectivity index (χ1n) is 4.12. The fraction of sp³-hybridized carbons (Fsp3) is 0.300. The van der Waals surface area contributed by atoms with E-state index in [1.54, 1.807) is 6.08 Å². The average Bonchev–Trinajstić information content (AvgIpc) is 2.26. The lowest BCUT2D eigenvalue weighted by Crippen LogP contribution is -1.95. The fourth-order valence-electron chi connectivity index (χ4n) is 1.12. The van der Waals surface area contributed by atoms with Crippen molar-refractivity contribution in [2.45, 2.75) is 19.3 Å². The van der Waals surface area contributed by atoms with Crippen LogP contribution in [0.15, 0.2) is 35.7 Å². The van der Waals surface area contributed by atoms with Crippen LogP contribution in [0, 0.1) is 0 Å². The number of aliphatic carboxylic acids is 1. The highest BCUT2D eigenvalue weighted by atomic mass is 19.1. The molecular formula is C10H11FO2. The highest BCUT2D eigenvalue weighted by Crippen LogP contribution is 2.17. The molecule has 1 rings (SSSR count). The normalized spacial score (nSPS) is 16.1. The van der Waals surface area contributed by atoms with Gasteiger partial charge in [-0.15, -0.1) is 0 Å². The summed E-state index contributed by atoms with van der Waals surface area (Å²) in [5.74, 6) is -1.16. The Hall–Kier alpha value is -1.38. The predicted molar refractivity (Wildman–Crippen MR) is 47.9 cm³/mol. The number of carboxylic acids is 1. The monoisotopic (exact) mass is 182 g/mol. The molecule has 0 radical (unpaired) electrons. The number of carbonyl (C=O) groups is 1. The molecule has 0 atom stereocenters. The van der Waals surface area contributed by atoms with E-state index in [4.69, 9.17) is 5.11 Å². The van der Waals surface area contributed by atoms with Crippen molar-refractivity contribution in [3.8, 4) is 0 Å². The molecule has 1 aliphatic rings. The third-order valence-corrected chi connectivity index (χ3v) is 1.77. The van der Waals surface area contributed by atoms with Gasteiger partial charge in [0.05, 0.1) is 0 Å². The first-order chi connectivity index (χ1) is 6.18. The van der Waals surface area contributed by atoms with Crippen molar-refractivity contribution in [2.75, 3.05) is 0 Å². The van der Waals surface area contributed by atoms with Crippen LogP contribution in [-0.4, -0.2) is 11.1 Å². The van der Waals surface area contributed by atoms with Crippen LogP contribution in [0.25, 0.3) is 0 Å². The molecule has 0 saturated carbocycles. The number of halogens is 1. The summed E-state index contributed by atoms with van der Waals surface area (Å²) in [7, 11) is 0. The molecule has 0 amide bonds. The van der Waals surface area contributed by atoms with E-state index < -0.39 is 5.97 Å². The van der Waals surface area contributed by atoms with Gasteiger partial charge < -0.3 is 5.11 Å². The molecule has 0 aromatic carbocycles. The molecule has 0 spiro atoms. The van der Waals surface area contributed by atoms with E-state index in [-0.39, 0.29) is 12.2 Å². The number of allylic oxidation sites excluding steroid dienone is 6. The van der Waals surface area contributed by atoms with Crippen LogP contribution >= 0.6 is 0 Å². The maximum absolute atomic E-state index is 12.8. The van der Waals surface area contributed by atoms with Crippen LogP contribution in [-0.2, 0) is 4.79 Å². The third kappa shape index (κ3) is 3.69. The minimum absolute atomic E-state index is 0.0625. The molecule has 0 aromatic heterocycles. The van der Waals surface area contributed by atoms with Gasteiger partial charge >= 0.3 is 5.97 Å². The Labute approximate surface area is 76.1 Å². The van der Waals surface area contributed by atoms with Gasteiger partial charge in [-0.1, -0.05) is 17.7 Å². The molecule has 3 heteroatoms. The van der Waals surface area contributed by atoms with Gasteiger partial charge in [0.15, 0.2) is 0 Å². The lowest BCUT2D eigenvalue weighted by Gasteiger charge is -2.00. The summed E-state index contributed by atoms with van der Waals surface area (Å²) in [4.78, 5) is 10.3. The largest absolute Gasteiger partial charge is 0.481 e. The molecule has 2 nitrogen and oxygen atoms in total. The molecule has 0 aliphatic heterocycles. The second-order valence-corrected chi connectivity index (χ2v) is 2.88. The minimum Gasteiger partial charge on any atom is -0.481 e. The van der Waals surface area contributed by atoms with Crippen LogP contribution < -0.4 is 0 Å². The second-order valence-electron chi connectivity index (χ2n) is 2.88. The van der Waals surface area contributed by atoms with Gasteiger partial charge in [-0.2, -0.15) is 0 Å². The van der Waals surface area contributed by atoms with Crippen LogP contribution in [0.3, 0.4) is 0 Å². The summed E-state index contributed by atoms with van der Waals surface area (Å²) in [6.45, 7) is 0. The number of hydrogen-bond acceptors (Lipinski definition) is 1. The fourth-order valence-corrected chi connectivity index (χ4v) is 1.12. The van der Waals surface area contributed by atoms with Gasteiger partial charge in [0.1, 0.15) is 5.83 Å². The van der Waals surface area contributed by atoms with Crippen molar-refractivity contribution in [1.82, 2.24) is 0 Å². The van der Waals surface area contributed by atoms with Crippen molar-refractivity contribution in [3.05, 3.63) is 35.7 Å². The van der Waals surface area contributed by atoms with E-state index in [9.17, 15) is 9.18 Å². The Bertz CT molecular complexity index is 287. The number of hydrogen-bond donors (Lipinski definition) is 1. The van der Waals surface area contributed by atoms with E-state index in [1.165, 1.54) is 12.2 Å². The number of rotatable bonds is 3. The third-order valence-electron chi connectivity index (χ3n) is 1.77. The highest BCUT2D eigenvalue weighted by molar-refractivity contribution is 5.67. The first kappa shape index (κ1) is 9.71. The lowest BCUT2D eigenvalue weighted by molar-refractivity contribution is -0.136. The SMILES string of the molecule is O=C(O)CCC1=CC(F)=CC=CC1. The van der Waals surface area contributed by atoms with E-state index in [2.05, 4.69) is 0 Å². The Balaban J connectivity index is 2.54. The Morgan fingerprint density at radius 2 is 2.38 bits per heavy atom. The molecule has 0 fully saturated rings. The van der Waals surface area contributed by atoms with Gasteiger partial charge in [0.2, 0.25) is 0 Å². The second kappa shape index (κ2) is 4.60. The molecule has 0 aromatic rings. The van der Waals surface area contributed by atoms with Crippen molar-refractivity contribution >= 4 is 5.97 Å². The van der Waals surface area contributed by atoms with Crippen molar-refractivity contribution < 1.29 is 14.3 Å².